The van der Waals surface area contributed by atoms with E-state index in [1.165, 1.54) is 23.1 Å². The van der Waals surface area contributed by atoms with Gasteiger partial charge in [0.2, 0.25) is 10.0 Å². The molecule has 1 amide bonds. The number of thioether (sulfide) groups is 1. The minimum atomic E-state index is -3.64. The summed E-state index contributed by atoms with van der Waals surface area (Å²) < 4.78 is 35.8. The Morgan fingerprint density at radius 3 is 2.87 bits per heavy atom. The zero-order chi connectivity index (χ0) is 27.1. The van der Waals surface area contributed by atoms with Crippen molar-refractivity contribution in [2.45, 2.75) is 28.3 Å². The molecule has 2 aromatic carbocycles. The van der Waals surface area contributed by atoms with Crippen molar-refractivity contribution in [2.75, 3.05) is 20.2 Å². The number of aromatic nitrogens is 1. The zero-order valence-corrected chi connectivity index (χ0v) is 23.9. The maximum atomic E-state index is 13.1. The van der Waals surface area contributed by atoms with Gasteiger partial charge >= 0.3 is 0 Å². The van der Waals surface area contributed by atoms with Crippen LogP contribution in [0.25, 0.3) is 21.0 Å². The van der Waals surface area contributed by atoms with Gasteiger partial charge in [-0.1, -0.05) is 36.0 Å². The van der Waals surface area contributed by atoms with Gasteiger partial charge in [0, 0.05) is 35.4 Å². The molecule has 2 aromatic heterocycles. The predicted octanol–water partition coefficient (Wildman–Crippen LogP) is 6.23. The summed E-state index contributed by atoms with van der Waals surface area (Å²) in [4.78, 5) is 19.5. The average Bonchev–Trinajstić information content (AvgIpc) is 3.54. The van der Waals surface area contributed by atoms with Crippen LogP contribution in [0.2, 0.25) is 0 Å². The number of amides is 1. The summed E-state index contributed by atoms with van der Waals surface area (Å²) in [6, 6.07) is 17.2. The lowest BCUT2D eigenvalue weighted by Crippen LogP contribution is -2.44. The Labute approximate surface area is 236 Å². The third-order valence-corrected chi connectivity index (χ3v) is 12.1. The quantitative estimate of drug-likeness (QED) is 0.249. The molecule has 4 aromatic rings. The van der Waals surface area contributed by atoms with Crippen LogP contribution in [0.4, 0.5) is 4.79 Å². The average molecular weight is 580 g/mol. The number of nitrogens with zero attached hydrogens (tertiary/aromatic N) is 2. The van der Waals surface area contributed by atoms with E-state index in [9.17, 15) is 13.2 Å². The van der Waals surface area contributed by atoms with Crippen molar-refractivity contribution in [1.82, 2.24) is 14.6 Å². The summed E-state index contributed by atoms with van der Waals surface area (Å²) >= 11 is 2.65. The summed E-state index contributed by atoms with van der Waals surface area (Å²) in [5.74, 6) is 0.902. The minimum Gasteiger partial charge on any atom is -0.497 e. The number of carbonyl (C=O) groups excluding carboxylic acids is 1. The lowest BCUT2D eigenvalue weighted by atomic mass is 9.79. The highest BCUT2D eigenvalue weighted by Crippen LogP contribution is 2.50. The molecule has 202 valence electrons. The molecule has 0 aliphatic carbocycles. The van der Waals surface area contributed by atoms with Crippen molar-refractivity contribution in [3.05, 3.63) is 79.0 Å². The van der Waals surface area contributed by atoms with Gasteiger partial charge < -0.3 is 9.64 Å². The van der Waals surface area contributed by atoms with Crippen LogP contribution in [-0.2, 0) is 10.0 Å². The van der Waals surface area contributed by atoms with E-state index in [0.717, 1.165) is 45.1 Å². The largest absolute Gasteiger partial charge is 0.497 e. The number of fused-ring (bicyclic) bond motifs is 3. The van der Waals surface area contributed by atoms with E-state index in [1.807, 2.05) is 59.5 Å². The molecule has 2 fully saturated rings. The number of piperidine rings is 1. The summed E-state index contributed by atoms with van der Waals surface area (Å²) in [7, 11) is -2.00. The van der Waals surface area contributed by atoms with Crippen molar-refractivity contribution >= 4 is 59.4 Å². The first-order chi connectivity index (χ1) is 18.9. The van der Waals surface area contributed by atoms with Crippen LogP contribution in [0.5, 0.6) is 5.75 Å². The van der Waals surface area contributed by atoms with Crippen LogP contribution in [0.15, 0.2) is 77.7 Å². The predicted molar refractivity (Wildman–Crippen MR) is 158 cm³/mol. The fourth-order valence-corrected chi connectivity index (χ4v) is 9.63. The van der Waals surface area contributed by atoms with Gasteiger partial charge in [0.1, 0.15) is 9.96 Å². The number of thiophene rings is 1. The Bertz CT molecular complexity index is 1640. The van der Waals surface area contributed by atoms with Crippen molar-refractivity contribution in [3.8, 4) is 5.75 Å². The van der Waals surface area contributed by atoms with Gasteiger partial charge in [-0.25, -0.2) is 13.1 Å². The van der Waals surface area contributed by atoms with Crippen molar-refractivity contribution in [2.24, 2.45) is 11.8 Å². The zero-order valence-electron chi connectivity index (χ0n) is 21.4. The molecule has 0 unspecified atom stereocenters. The van der Waals surface area contributed by atoms with Crippen molar-refractivity contribution in [3.63, 3.8) is 0 Å². The Morgan fingerprint density at radius 2 is 2.08 bits per heavy atom. The third kappa shape index (κ3) is 4.95. The second-order valence-corrected chi connectivity index (χ2v) is 14.2. The molecule has 10 heteroatoms. The number of benzene rings is 2. The lowest BCUT2D eigenvalue weighted by molar-refractivity contribution is 0.135. The first-order valence-electron chi connectivity index (χ1n) is 12.9. The monoisotopic (exact) mass is 579 g/mol. The fourth-order valence-electron chi connectivity index (χ4n) is 5.79. The van der Waals surface area contributed by atoms with Gasteiger partial charge in [-0.2, -0.15) is 0 Å². The molecule has 4 heterocycles. The number of ether oxygens (including phenoxy) is 1. The smallest absolute Gasteiger partial charge is 0.282 e. The highest BCUT2D eigenvalue weighted by molar-refractivity contribution is 8.14. The molecule has 2 aliphatic rings. The minimum absolute atomic E-state index is 0.0136. The summed E-state index contributed by atoms with van der Waals surface area (Å²) in [5.41, 5.74) is 1.94. The molecular formula is C29H29N3O4S3. The molecule has 0 saturated carbocycles. The SMILES string of the molecule is C=C[C@@H](CNS(=O)(=O)c1cc2ccccc2s1)[C@H]1CCN2C(=O)S[C@@H](c3ccnc4ccc(OC)cc34)[C@@H]2C1. The number of pyridine rings is 1. The lowest BCUT2D eigenvalue weighted by Gasteiger charge is -2.39. The number of rotatable bonds is 8. The molecule has 0 spiro atoms. The molecule has 1 N–H and O–H groups in total. The van der Waals surface area contributed by atoms with Gasteiger partial charge in [0.15, 0.2) is 0 Å². The standard InChI is InChI=1S/C29H29N3O4S3/c1-3-18(17-31-39(34,35)27-15-20-6-4-5-7-26(20)37-27)19-11-13-32-25(14-19)28(38-29(32)33)22-10-12-30-24-9-8-21(36-2)16-23(22)24/h3-10,12,15-16,18-19,25,28,31H,1,11,13-14,17H2,2H3/t18-,19-,25-,28-/m0/s1. The van der Waals surface area contributed by atoms with Crippen molar-refractivity contribution in [1.29, 1.82) is 0 Å². The van der Waals surface area contributed by atoms with E-state index in [1.54, 1.807) is 19.4 Å². The van der Waals surface area contributed by atoms with Crippen LogP contribution < -0.4 is 9.46 Å². The second kappa shape index (κ2) is 10.6. The number of methoxy groups -OCH3 is 1. The molecule has 4 atom stereocenters. The molecule has 0 radical (unpaired) electrons. The fraction of sp³-hybridized carbons (Fsp3) is 0.310. The Hall–Kier alpha value is -2.92. The molecule has 0 bridgehead atoms. The number of nitrogens with one attached hydrogen (secondary N) is 1. The van der Waals surface area contributed by atoms with Gasteiger partial charge in [-0.05, 0) is 72.0 Å². The summed E-state index contributed by atoms with van der Waals surface area (Å²) in [5, 5.41) is 1.96. The van der Waals surface area contributed by atoms with Crippen LogP contribution in [-0.4, -0.2) is 49.8 Å². The van der Waals surface area contributed by atoms with Gasteiger partial charge in [0.25, 0.3) is 5.24 Å². The molecule has 39 heavy (non-hydrogen) atoms. The van der Waals surface area contributed by atoms with E-state index in [0.29, 0.717) is 10.8 Å². The summed E-state index contributed by atoms with van der Waals surface area (Å²) in [6.45, 7) is 4.97. The van der Waals surface area contributed by atoms with E-state index in [2.05, 4.69) is 16.3 Å². The third-order valence-electron chi connectivity index (χ3n) is 7.87. The van der Waals surface area contributed by atoms with Gasteiger partial charge in [-0.3, -0.25) is 9.78 Å². The summed E-state index contributed by atoms with van der Waals surface area (Å²) in [6.07, 6.45) is 5.24. The second-order valence-electron chi connectivity index (χ2n) is 9.99. The number of sulfonamides is 1. The number of hydrogen-bond donors (Lipinski definition) is 1. The van der Waals surface area contributed by atoms with Crippen molar-refractivity contribution < 1.29 is 17.9 Å². The van der Waals surface area contributed by atoms with Gasteiger partial charge in [-0.15, -0.1) is 17.9 Å². The highest BCUT2D eigenvalue weighted by Gasteiger charge is 2.46. The van der Waals surface area contributed by atoms with Crippen LogP contribution in [0.1, 0.15) is 23.7 Å². The number of hydrogen-bond acceptors (Lipinski definition) is 7. The molecule has 6 rings (SSSR count). The Balaban J connectivity index is 1.22. The topological polar surface area (TPSA) is 88.6 Å². The normalized spacial score (nSPS) is 22.2. The molecular weight excluding hydrogens is 551 g/mol. The number of carbonyl (C=O) groups is 1. The van der Waals surface area contributed by atoms with Gasteiger partial charge in [0.05, 0.1) is 17.9 Å². The van der Waals surface area contributed by atoms with Crippen LogP contribution >= 0.6 is 23.1 Å². The highest BCUT2D eigenvalue weighted by atomic mass is 32.2. The van der Waals surface area contributed by atoms with E-state index in [-0.39, 0.29) is 34.9 Å². The molecule has 7 nitrogen and oxygen atoms in total. The van der Waals surface area contributed by atoms with E-state index < -0.39 is 10.0 Å². The van der Waals surface area contributed by atoms with Crippen LogP contribution in [0, 0.1) is 11.8 Å². The van der Waals surface area contributed by atoms with E-state index in [4.69, 9.17) is 4.74 Å². The maximum Gasteiger partial charge on any atom is 0.282 e. The van der Waals surface area contributed by atoms with E-state index >= 15 is 0 Å². The first kappa shape index (κ1) is 26.3. The Morgan fingerprint density at radius 1 is 1.23 bits per heavy atom. The van der Waals surface area contributed by atoms with Crippen LogP contribution in [0.3, 0.4) is 0 Å². The first-order valence-corrected chi connectivity index (χ1v) is 16.1. The molecule has 2 aliphatic heterocycles. The molecule has 2 saturated heterocycles. The Kier molecular flexibility index (Phi) is 7.13. The maximum absolute atomic E-state index is 13.1.